The van der Waals surface area contributed by atoms with Crippen LogP contribution in [0.25, 0.3) is 0 Å². The lowest BCUT2D eigenvalue weighted by Crippen LogP contribution is -2.11. The van der Waals surface area contributed by atoms with Gasteiger partial charge in [0.05, 0.1) is 7.11 Å². The van der Waals surface area contributed by atoms with Crippen LogP contribution in [0.5, 0.6) is 11.5 Å². The summed E-state index contributed by atoms with van der Waals surface area (Å²) < 4.78 is 10.7. The number of carbonyl (C=O) groups is 2. The van der Waals surface area contributed by atoms with Gasteiger partial charge in [0.25, 0.3) is 5.91 Å². The van der Waals surface area contributed by atoms with Gasteiger partial charge in [-0.05, 0) is 48.4 Å². The summed E-state index contributed by atoms with van der Waals surface area (Å²) in [4.78, 5) is 23.0. The van der Waals surface area contributed by atoms with Crippen LogP contribution >= 0.6 is 11.3 Å². The molecule has 0 atom stereocenters. The van der Waals surface area contributed by atoms with Crippen molar-refractivity contribution in [3.05, 3.63) is 64.1 Å². The van der Waals surface area contributed by atoms with Gasteiger partial charge in [-0.3, -0.25) is 9.59 Å². The predicted molar refractivity (Wildman–Crippen MR) is 108 cm³/mol. The Kier molecular flexibility index (Phi) is 6.75. The first-order chi connectivity index (χ1) is 14.0. The maximum absolute atomic E-state index is 12.3. The number of rotatable bonds is 9. The van der Waals surface area contributed by atoms with E-state index in [4.69, 9.17) is 14.6 Å². The van der Waals surface area contributed by atoms with Crippen LogP contribution in [0, 0.1) is 0 Å². The molecule has 0 unspecified atom stereocenters. The van der Waals surface area contributed by atoms with Crippen LogP contribution in [-0.2, 0) is 17.8 Å². The molecule has 0 spiro atoms. The minimum Gasteiger partial charge on any atom is -0.497 e. The number of hydrogen-bond donors (Lipinski definition) is 2. The quantitative estimate of drug-likeness (QED) is 0.553. The molecule has 3 rings (SSSR count). The predicted octanol–water partition coefficient (Wildman–Crippen LogP) is 3.40. The molecule has 0 fully saturated rings. The third-order valence-electron chi connectivity index (χ3n) is 3.92. The Balaban J connectivity index is 1.52. The Labute approximate surface area is 171 Å². The largest absolute Gasteiger partial charge is 0.497 e. The number of anilines is 1. The normalized spacial score (nSPS) is 10.4. The maximum atomic E-state index is 12.3. The molecule has 0 bridgehead atoms. The van der Waals surface area contributed by atoms with Crippen LogP contribution in [0.2, 0.25) is 0 Å². The van der Waals surface area contributed by atoms with E-state index in [1.807, 2.05) is 0 Å². The number of ether oxygens (including phenoxy) is 2. The van der Waals surface area contributed by atoms with Gasteiger partial charge in [0.2, 0.25) is 5.01 Å². The minimum absolute atomic E-state index is 0.0673. The molecule has 3 aromatic rings. The summed E-state index contributed by atoms with van der Waals surface area (Å²) in [5, 5.41) is 20.2. The Morgan fingerprint density at radius 3 is 2.38 bits per heavy atom. The summed E-state index contributed by atoms with van der Waals surface area (Å²) in [5.74, 6) is 0.194. The number of nitrogens with one attached hydrogen (secondary N) is 1. The van der Waals surface area contributed by atoms with Crippen molar-refractivity contribution in [3.63, 3.8) is 0 Å². The van der Waals surface area contributed by atoms with E-state index in [0.29, 0.717) is 22.9 Å². The SMILES string of the molecule is COc1ccc(OCc2nnc(C(=O)Nc3ccc(CCC(=O)O)cc3)s2)cc1. The van der Waals surface area contributed by atoms with E-state index < -0.39 is 5.97 Å². The van der Waals surface area contributed by atoms with Crippen molar-refractivity contribution in [2.75, 3.05) is 12.4 Å². The third kappa shape index (κ3) is 6.01. The van der Waals surface area contributed by atoms with Crippen LogP contribution in [0.1, 0.15) is 26.8 Å². The second-order valence-electron chi connectivity index (χ2n) is 6.01. The maximum Gasteiger partial charge on any atom is 0.303 e. The fourth-order valence-electron chi connectivity index (χ4n) is 2.41. The van der Waals surface area contributed by atoms with Crippen molar-refractivity contribution in [1.29, 1.82) is 0 Å². The lowest BCUT2D eigenvalue weighted by molar-refractivity contribution is -0.136. The molecule has 1 amide bonds. The number of carboxylic acid groups (broad SMARTS) is 1. The van der Waals surface area contributed by atoms with Crippen LogP contribution in [-0.4, -0.2) is 34.3 Å². The smallest absolute Gasteiger partial charge is 0.303 e. The molecule has 1 aromatic heterocycles. The van der Waals surface area contributed by atoms with Gasteiger partial charge in [-0.2, -0.15) is 0 Å². The first kappa shape index (κ1) is 20.3. The highest BCUT2D eigenvalue weighted by Gasteiger charge is 2.13. The zero-order valence-corrected chi connectivity index (χ0v) is 16.4. The average molecular weight is 413 g/mol. The highest BCUT2D eigenvalue weighted by atomic mass is 32.1. The van der Waals surface area contributed by atoms with E-state index >= 15 is 0 Å². The summed E-state index contributed by atoms with van der Waals surface area (Å²) in [5.41, 5.74) is 1.49. The molecule has 2 N–H and O–H groups in total. The molecule has 0 radical (unpaired) electrons. The zero-order valence-electron chi connectivity index (χ0n) is 15.6. The van der Waals surface area contributed by atoms with Gasteiger partial charge in [0, 0.05) is 12.1 Å². The lowest BCUT2D eigenvalue weighted by atomic mass is 10.1. The zero-order chi connectivity index (χ0) is 20.6. The standard InChI is InChI=1S/C20H19N3O5S/c1-27-15-7-9-16(10-8-15)28-12-17-22-23-20(29-17)19(26)21-14-5-2-13(3-6-14)4-11-18(24)25/h2-3,5-10H,4,11-12H2,1H3,(H,21,26)(H,24,25). The molecule has 0 aliphatic carbocycles. The van der Waals surface area contributed by atoms with Gasteiger partial charge in [-0.15, -0.1) is 10.2 Å². The van der Waals surface area contributed by atoms with E-state index in [1.165, 1.54) is 0 Å². The van der Waals surface area contributed by atoms with Crippen molar-refractivity contribution in [3.8, 4) is 11.5 Å². The Morgan fingerprint density at radius 2 is 1.72 bits per heavy atom. The molecule has 0 aliphatic heterocycles. The van der Waals surface area contributed by atoms with Crippen molar-refractivity contribution in [2.24, 2.45) is 0 Å². The Hall–Kier alpha value is -3.46. The van der Waals surface area contributed by atoms with Crippen LogP contribution in [0.15, 0.2) is 48.5 Å². The molecule has 0 saturated heterocycles. The monoisotopic (exact) mass is 413 g/mol. The van der Waals surface area contributed by atoms with Crippen molar-refractivity contribution < 1.29 is 24.2 Å². The number of aryl methyl sites for hydroxylation is 1. The lowest BCUT2D eigenvalue weighted by Gasteiger charge is -2.05. The van der Waals surface area contributed by atoms with E-state index in [9.17, 15) is 9.59 Å². The summed E-state index contributed by atoms with van der Waals surface area (Å²) >= 11 is 1.15. The number of benzene rings is 2. The number of hydrogen-bond acceptors (Lipinski definition) is 7. The molecular weight excluding hydrogens is 394 g/mol. The van der Waals surface area contributed by atoms with E-state index in [2.05, 4.69) is 15.5 Å². The van der Waals surface area contributed by atoms with Crippen LogP contribution in [0.3, 0.4) is 0 Å². The van der Waals surface area contributed by atoms with Crippen molar-refractivity contribution >= 4 is 28.9 Å². The van der Waals surface area contributed by atoms with Crippen LogP contribution in [0.4, 0.5) is 5.69 Å². The fraction of sp³-hybridized carbons (Fsp3) is 0.200. The summed E-state index contributed by atoms with van der Waals surface area (Å²) in [7, 11) is 1.59. The number of carbonyl (C=O) groups excluding carboxylic acids is 1. The third-order valence-corrected chi connectivity index (χ3v) is 4.82. The molecule has 2 aromatic carbocycles. The van der Waals surface area contributed by atoms with Crippen LogP contribution < -0.4 is 14.8 Å². The highest BCUT2D eigenvalue weighted by molar-refractivity contribution is 7.13. The topological polar surface area (TPSA) is 111 Å². The molecular formula is C20H19N3O5S. The summed E-state index contributed by atoms with van der Waals surface area (Å²) in [6.45, 7) is 0.204. The fourth-order valence-corrected chi connectivity index (χ4v) is 3.06. The molecule has 29 heavy (non-hydrogen) atoms. The van der Waals surface area contributed by atoms with Gasteiger partial charge in [0.15, 0.2) is 5.01 Å². The highest BCUT2D eigenvalue weighted by Crippen LogP contribution is 2.20. The first-order valence-electron chi connectivity index (χ1n) is 8.75. The second-order valence-corrected chi connectivity index (χ2v) is 7.07. The van der Waals surface area contributed by atoms with Gasteiger partial charge >= 0.3 is 5.97 Å². The molecule has 0 aliphatic rings. The van der Waals surface area contributed by atoms with Gasteiger partial charge in [-0.25, -0.2) is 0 Å². The Bertz CT molecular complexity index is 971. The molecule has 8 nitrogen and oxygen atoms in total. The number of methoxy groups -OCH3 is 1. The number of amides is 1. The van der Waals surface area contributed by atoms with Crippen molar-refractivity contribution in [2.45, 2.75) is 19.4 Å². The van der Waals surface area contributed by atoms with Gasteiger partial charge in [-0.1, -0.05) is 23.5 Å². The number of aliphatic carboxylic acids is 1. The molecule has 150 valence electrons. The van der Waals surface area contributed by atoms with Crippen molar-refractivity contribution in [1.82, 2.24) is 10.2 Å². The van der Waals surface area contributed by atoms with E-state index in [0.717, 1.165) is 22.6 Å². The van der Waals surface area contributed by atoms with E-state index in [-0.39, 0.29) is 23.9 Å². The number of nitrogens with zero attached hydrogens (tertiary/aromatic N) is 2. The summed E-state index contributed by atoms with van der Waals surface area (Å²) in [6, 6.07) is 14.2. The number of carboxylic acids is 1. The number of aromatic nitrogens is 2. The second kappa shape index (κ2) is 9.65. The Morgan fingerprint density at radius 1 is 1.03 bits per heavy atom. The first-order valence-corrected chi connectivity index (χ1v) is 9.56. The van der Waals surface area contributed by atoms with E-state index in [1.54, 1.807) is 55.6 Å². The summed E-state index contributed by atoms with van der Waals surface area (Å²) in [6.07, 6.45) is 0.509. The molecule has 9 heteroatoms. The molecule has 1 heterocycles. The minimum atomic E-state index is -0.842. The van der Waals surface area contributed by atoms with Gasteiger partial charge < -0.3 is 19.9 Å². The van der Waals surface area contributed by atoms with Gasteiger partial charge in [0.1, 0.15) is 18.1 Å². The molecule has 0 saturated carbocycles. The average Bonchev–Trinajstić information content (AvgIpc) is 3.21.